The summed E-state index contributed by atoms with van der Waals surface area (Å²) in [6.45, 7) is 7.22. The molecule has 0 atom stereocenters. The molecule has 5 aromatic rings. The summed E-state index contributed by atoms with van der Waals surface area (Å²) in [6.07, 6.45) is 5.15. The van der Waals surface area contributed by atoms with Crippen LogP contribution in [0, 0.1) is 5.82 Å². The van der Waals surface area contributed by atoms with Crippen molar-refractivity contribution < 1.29 is 18.7 Å². The lowest BCUT2D eigenvalue weighted by Gasteiger charge is -2.35. The summed E-state index contributed by atoms with van der Waals surface area (Å²) in [6, 6.07) is 3.08. The third-order valence-corrected chi connectivity index (χ3v) is 8.34. The predicted molar refractivity (Wildman–Crippen MR) is 161 cm³/mol. The van der Waals surface area contributed by atoms with Gasteiger partial charge in [0.1, 0.15) is 22.2 Å². The van der Waals surface area contributed by atoms with Crippen LogP contribution in [0.5, 0.6) is 23.5 Å². The van der Waals surface area contributed by atoms with E-state index in [0.29, 0.717) is 59.7 Å². The molecular formula is C29H28ClFN10O3. The summed E-state index contributed by atoms with van der Waals surface area (Å²) in [4.78, 5) is 32.2. The van der Waals surface area contributed by atoms with Gasteiger partial charge in [-0.1, -0.05) is 18.2 Å². The van der Waals surface area contributed by atoms with E-state index in [1.807, 2.05) is 11.7 Å². The maximum atomic E-state index is 14.7. The number of anilines is 1. The van der Waals surface area contributed by atoms with E-state index in [9.17, 15) is 9.18 Å². The Morgan fingerprint density at radius 1 is 1.11 bits per heavy atom. The van der Waals surface area contributed by atoms with Crippen LogP contribution in [-0.4, -0.2) is 90.4 Å². The van der Waals surface area contributed by atoms with Gasteiger partial charge >= 0.3 is 6.01 Å². The number of carbonyl (C=O) groups excluding carboxylic acids is 1. The molecule has 6 heterocycles. The van der Waals surface area contributed by atoms with Crippen molar-refractivity contribution in [2.24, 2.45) is 7.05 Å². The van der Waals surface area contributed by atoms with Crippen molar-refractivity contribution in [2.75, 3.05) is 44.7 Å². The number of piperazine rings is 1. The molecule has 1 aromatic carbocycles. The van der Waals surface area contributed by atoms with Crippen LogP contribution in [0.1, 0.15) is 11.3 Å². The van der Waals surface area contributed by atoms with Crippen LogP contribution in [0.25, 0.3) is 21.8 Å². The zero-order valence-corrected chi connectivity index (χ0v) is 24.8. The first-order valence-electron chi connectivity index (χ1n) is 14.0. The van der Waals surface area contributed by atoms with Crippen molar-refractivity contribution in [3.05, 3.63) is 59.3 Å². The van der Waals surface area contributed by atoms with E-state index < -0.39 is 5.82 Å². The average molecular weight is 619 g/mol. The zero-order valence-electron chi connectivity index (χ0n) is 24.0. The molecule has 0 radical (unpaired) electrons. The standard InChI is InChI=1S/C29H28ClFN10O3/c1-4-22(42)40-9-11-41(12-10-40)26-17-5-7-32-28(43-25-18-14-33-36-20(18)13-19(31)23(25)30)24(17)34-29(35-26)44-27-16-6-8-38(2)15-21(16)39(3)37-27/h4-5,7,13-14H,1,6,8-12,15H2,2-3H3,(H,33,36). The lowest BCUT2D eigenvalue weighted by Crippen LogP contribution is -2.48. The lowest BCUT2D eigenvalue weighted by molar-refractivity contribution is -0.126. The largest absolute Gasteiger partial charge is 0.434 e. The highest BCUT2D eigenvalue weighted by atomic mass is 35.5. The minimum absolute atomic E-state index is 0.0496. The monoisotopic (exact) mass is 618 g/mol. The van der Waals surface area contributed by atoms with Crippen LogP contribution < -0.4 is 14.4 Å². The summed E-state index contributed by atoms with van der Waals surface area (Å²) in [7, 11) is 3.95. The van der Waals surface area contributed by atoms with Gasteiger partial charge in [-0.2, -0.15) is 15.1 Å². The fourth-order valence-electron chi connectivity index (χ4n) is 5.65. The van der Waals surface area contributed by atoms with E-state index in [4.69, 9.17) is 31.0 Å². The fourth-order valence-corrected chi connectivity index (χ4v) is 5.85. The maximum Gasteiger partial charge on any atom is 0.326 e. The molecule has 1 saturated heterocycles. The van der Waals surface area contributed by atoms with Gasteiger partial charge in [-0.15, -0.1) is 5.10 Å². The molecule has 4 aromatic heterocycles. The molecule has 0 aliphatic carbocycles. The number of aromatic nitrogens is 7. The number of hydrogen-bond donors (Lipinski definition) is 1. The van der Waals surface area contributed by atoms with Crippen molar-refractivity contribution in [2.45, 2.75) is 13.0 Å². The number of H-pyrrole nitrogens is 1. The highest BCUT2D eigenvalue weighted by Gasteiger charge is 2.28. The Bertz CT molecular complexity index is 1930. The molecular weight excluding hydrogens is 591 g/mol. The number of likely N-dealkylation sites (N-methyl/N-ethyl adjacent to an activating group) is 1. The molecule has 13 nitrogen and oxygen atoms in total. The molecule has 0 spiro atoms. The van der Waals surface area contributed by atoms with Crippen LogP contribution in [-0.2, 0) is 24.8 Å². The number of rotatable bonds is 6. The van der Waals surface area contributed by atoms with Gasteiger partial charge in [0.2, 0.25) is 17.7 Å². The number of pyridine rings is 1. The molecule has 226 valence electrons. The number of benzene rings is 1. The van der Waals surface area contributed by atoms with E-state index in [2.05, 4.69) is 43.7 Å². The third kappa shape index (κ3) is 4.85. The molecule has 1 fully saturated rings. The second kappa shape index (κ2) is 11.0. The van der Waals surface area contributed by atoms with E-state index in [-0.39, 0.29) is 28.6 Å². The number of nitrogens with zero attached hydrogens (tertiary/aromatic N) is 9. The number of aromatic amines is 1. The molecule has 7 rings (SSSR count). The molecule has 1 N–H and O–H groups in total. The van der Waals surface area contributed by atoms with E-state index in [0.717, 1.165) is 30.8 Å². The maximum absolute atomic E-state index is 14.7. The fraction of sp³-hybridized carbons (Fsp3) is 0.310. The highest BCUT2D eigenvalue weighted by Crippen LogP contribution is 2.41. The van der Waals surface area contributed by atoms with E-state index in [1.165, 1.54) is 18.3 Å². The first kappa shape index (κ1) is 28.0. The second-order valence-electron chi connectivity index (χ2n) is 10.7. The molecule has 15 heteroatoms. The Kier molecular flexibility index (Phi) is 7.01. The van der Waals surface area contributed by atoms with Crippen LogP contribution in [0.2, 0.25) is 5.02 Å². The van der Waals surface area contributed by atoms with Gasteiger partial charge in [-0.25, -0.2) is 9.37 Å². The first-order chi connectivity index (χ1) is 21.3. The Morgan fingerprint density at radius 2 is 1.93 bits per heavy atom. The summed E-state index contributed by atoms with van der Waals surface area (Å²) in [5, 5.41) is 12.3. The van der Waals surface area contributed by atoms with Gasteiger partial charge in [0, 0.05) is 64.1 Å². The van der Waals surface area contributed by atoms with Gasteiger partial charge in [-0.05, 0) is 25.6 Å². The second-order valence-corrected chi connectivity index (χ2v) is 11.1. The number of aryl methyl sites for hydroxylation is 1. The smallest absolute Gasteiger partial charge is 0.326 e. The number of ether oxygens (including phenoxy) is 2. The minimum Gasteiger partial charge on any atom is -0.434 e. The molecule has 2 aliphatic rings. The lowest BCUT2D eigenvalue weighted by atomic mass is 10.1. The van der Waals surface area contributed by atoms with Crippen LogP contribution >= 0.6 is 11.6 Å². The SMILES string of the molecule is C=CC(=O)N1CCN(c2nc(Oc3nn(C)c4c3CCN(C)C4)nc3c(Oc4c(Cl)c(F)cc5[nH]ncc45)nccc23)CC1. The van der Waals surface area contributed by atoms with E-state index >= 15 is 0 Å². The van der Waals surface area contributed by atoms with Crippen molar-refractivity contribution in [3.8, 4) is 23.5 Å². The number of halogens is 2. The Hall–Kier alpha value is -4.82. The van der Waals surface area contributed by atoms with Gasteiger partial charge < -0.3 is 24.2 Å². The third-order valence-electron chi connectivity index (χ3n) is 7.99. The topological polar surface area (TPSA) is 130 Å². The highest BCUT2D eigenvalue weighted by molar-refractivity contribution is 6.33. The average Bonchev–Trinajstić information content (AvgIpc) is 3.62. The van der Waals surface area contributed by atoms with E-state index in [1.54, 1.807) is 17.2 Å². The van der Waals surface area contributed by atoms with Crippen molar-refractivity contribution in [3.63, 3.8) is 0 Å². The Labute approximate surface area is 255 Å². The normalized spacial score (nSPS) is 15.5. The molecule has 0 bridgehead atoms. The minimum atomic E-state index is -0.671. The zero-order chi connectivity index (χ0) is 30.5. The van der Waals surface area contributed by atoms with Crippen LogP contribution in [0.3, 0.4) is 0 Å². The molecule has 0 saturated carbocycles. The number of hydrogen-bond acceptors (Lipinski definition) is 10. The molecule has 1 amide bonds. The summed E-state index contributed by atoms with van der Waals surface area (Å²) in [5.41, 5.74) is 2.81. The Morgan fingerprint density at radius 3 is 2.73 bits per heavy atom. The Balaban J connectivity index is 1.33. The van der Waals surface area contributed by atoms with Gasteiger partial charge in [0.15, 0.2) is 5.75 Å². The molecule has 2 aliphatic heterocycles. The van der Waals surface area contributed by atoms with Gasteiger partial charge in [0.25, 0.3) is 0 Å². The van der Waals surface area contributed by atoms with Gasteiger partial charge in [0.05, 0.1) is 28.2 Å². The van der Waals surface area contributed by atoms with Crippen molar-refractivity contribution >= 4 is 45.1 Å². The van der Waals surface area contributed by atoms with Crippen molar-refractivity contribution in [1.82, 2.24) is 44.7 Å². The van der Waals surface area contributed by atoms with Gasteiger partial charge in [-0.3, -0.25) is 14.6 Å². The predicted octanol–water partition coefficient (Wildman–Crippen LogP) is 3.83. The molecule has 44 heavy (non-hydrogen) atoms. The summed E-state index contributed by atoms with van der Waals surface area (Å²) < 4.78 is 29.0. The first-order valence-corrected chi connectivity index (χ1v) is 14.4. The number of carbonyl (C=O) groups is 1. The van der Waals surface area contributed by atoms with Crippen LogP contribution in [0.15, 0.2) is 37.2 Å². The van der Waals surface area contributed by atoms with Crippen molar-refractivity contribution in [1.29, 1.82) is 0 Å². The quantitative estimate of drug-likeness (QED) is 0.280. The number of fused-ring (bicyclic) bond motifs is 3. The molecule has 0 unspecified atom stereocenters. The summed E-state index contributed by atoms with van der Waals surface area (Å²) in [5.74, 6) is 0.349. The summed E-state index contributed by atoms with van der Waals surface area (Å²) >= 11 is 6.36. The van der Waals surface area contributed by atoms with Crippen LogP contribution in [0.4, 0.5) is 10.2 Å². The number of nitrogens with one attached hydrogen (secondary N) is 1. The number of amides is 1.